The molecule has 1 aromatic rings. The highest BCUT2D eigenvalue weighted by atomic mass is 32.1. The van der Waals surface area contributed by atoms with Crippen LogP contribution in [0.5, 0.6) is 0 Å². The number of ether oxygens (including phenoxy) is 1. The summed E-state index contributed by atoms with van der Waals surface area (Å²) in [4.78, 5) is 23.3. The van der Waals surface area contributed by atoms with Gasteiger partial charge in [-0.25, -0.2) is 4.79 Å². The molecular formula is C14H17NO4S. The highest BCUT2D eigenvalue weighted by Gasteiger charge is 2.26. The molecule has 1 aliphatic rings. The van der Waals surface area contributed by atoms with Crippen LogP contribution < -0.4 is 5.32 Å². The molecule has 0 aromatic carbocycles. The first kappa shape index (κ1) is 14.7. The van der Waals surface area contributed by atoms with Crippen molar-refractivity contribution in [3.63, 3.8) is 0 Å². The maximum atomic E-state index is 12.2. The Balaban J connectivity index is 1.99. The van der Waals surface area contributed by atoms with Crippen LogP contribution in [0.3, 0.4) is 0 Å². The van der Waals surface area contributed by atoms with Gasteiger partial charge in [-0.15, -0.1) is 11.3 Å². The molecule has 20 heavy (non-hydrogen) atoms. The number of rotatable bonds is 5. The van der Waals surface area contributed by atoms with E-state index >= 15 is 0 Å². The predicted molar refractivity (Wildman–Crippen MR) is 76.9 cm³/mol. The Morgan fingerprint density at radius 3 is 2.95 bits per heavy atom. The number of amides is 1. The van der Waals surface area contributed by atoms with Crippen LogP contribution in [0.15, 0.2) is 17.5 Å². The maximum Gasteiger partial charge on any atom is 0.328 e. The second-order valence-electron chi connectivity index (χ2n) is 4.72. The summed E-state index contributed by atoms with van der Waals surface area (Å²) in [6.07, 6.45) is 5.40. The SMILES string of the molecule is COC1CCC(NC(=O)c2sccc2/C=C/C(=O)O)C1. The molecule has 108 valence electrons. The third-order valence-corrected chi connectivity index (χ3v) is 4.29. The molecule has 6 heteroatoms. The normalized spacial score (nSPS) is 22.2. The Labute approximate surface area is 121 Å². The number of aliphatic carboxylic acids is 1. The Bertz CT molecular complexity index is 523. The van der Waals surface area contributed by atoms with Crippen molar-refractivity contribution in [3.8, 4) is 0 Å². The van der Waals surface area contributed by atoms with Gasteiger partial charge in [-0.05, 0) is 42.3 Å². The molecule has 0 aliphatic heterocycles. The van der Waals surface area contributed by atoms with Gasteiger partial charge in [-0.1, -0.05) is 0 Å². The number of carboxylic acids is 1. The van der Waals surface area contributed by atoms with Crippen LogP contribution in [-0.2, 0) is 9.53 Å². The highest BCUT2D eigenvalue weighted by Crippen LogP contribution is 2.23. The summed E-state index contributed by atoms with van der Waals surface area (Å²) >= 11 is 1.31. The Kier molecular flexibility index (Phi) is 4.92. The number of hydrogen-bond acceptors (Lipinski definition) is 4. The summed E-state index contributed by atoms with van der Waals surface area (Å²) in [6.45, 7) is 0. The molecule has 0 spiro atoms. The topological polar surface area (TPSA) is 75.6 Å². The van der Waals surface area contributed by atoms with Gasteiger partial charge in [0.1, 0.15) is 0 Å². The van der Waals surface area contributed by atoms with Crippen LogP contribution >= 0.6 is 11.3 Å². The first-order chi connectivity index (χ1) is 9.60. The molecule has 0 radical (unpaired) electrons. The van der Waals surface area contributed by atoms with E-state index in [1.54, 1.807) is 18.6 Å². The minimum absolute atomic E-state index is 0.130. The van der Waals surface area contributed by atoms with Gasteiger partial charge in [-0.2, -0.15) is 0 Å². The second kappa shape index (κ2) is 6.67. The number of hydrogen-bond donors (Lipinski definition) is 2. The fourth-order valence-corrected chi connectivity index (χ4v) is 3.12. The summed E-state index contributed by atoms with van der Waals surface area (Å²) in [7, 11) is 1.68. The van der Waals surface area contributed by atoms with Crippen molar-refractivity contribution in [2.45, 2.75) is 31.4 Å². The van der Waals surface area contributed by atoms with Gasteiger partial charge >= 0.3 is 5.97 Å². The summed E-state index contributed by atoms with van der Waals surface area (Å²) in [5.41, 5.74) is 0.635. The number of thiophene rings is 1. The highest BCUT2D eigenvalue weighted by molar-refractivity contribution is 7.12. The van der Waals surface area contributed by atoms with E-state index in [4.69, 9.17) is 9.84 Å². The quantitative estimate of drug-likeness (QED) is 0.816. The van der Waals surface area contributed by atoms with Crippen molar-refractivity contribution in [1.29, 1.82) is 0 Å². The lowest BCUT2D eigenvalue weighted by Crippen LogP contribution is -2.33. The molecule has 0 bridgehead atoms. The van der Waals surface area contributed by atoms with Crippen molar-refractivity contribution >= 4 is 29.3 Å². The molecule has 1 saturated carbocycles. The number of nitrogens with one attached hydrogen (secondary N) is 1. The lowest BCUT2D eigenvalue weighted by atomic mass is 10.2. The average Bonchev–Trinajstić information content (AvgIpc) is 3.04. The van der Waals surface area contributed by atoms with Crippen LogP contribution in [0.4, 0.5) is 0 Å². The third kappa shape index (κ3) is 3.68. The zero-order valence-corrected chi connectivity index (χ0v) is 12.0. The van der Waals surface area contributed by atoms with Crippen molar-refractivity contribution < 1.29 is 19.4 Å². The molecule has 0 saturated heterocycles. The molecule has 2 rings (SSSR count). The lowest BCUT2D eigenvalue weighted by molar-refractivity contribution is -0.131. The van der Waals surface area contributed by atoms with E-state index in [1.807, 2.05) is 0 Å². The largest absolute Gasteiger partial charge is 0.478 e. The van der Waals surface area contributed by atoms with Gasteiger partial charge in [0, 0.05) is 19.2 Å². The standard InChI is InChI=1S/C14H17NO4S/c1-19-11-4-3-10(8-11)15-14(18)13-9(6-7-20-13)2-5-12(16)17/h2,5-7,10-11H,3-4,8H2,1H3,(H,15,18)(H,16,17)/b5-2+. The number of methoxy groups -OCH3 is 1. The summed E-state index contributed by atoms with van der Waals surface area (Å²) in [5.74, 6) is -1.17. The predicted octanol–water partition coefficient (Wildman–Crippen LogP) is 2.14. The van der Waals surface area contributed by atoms with Gasteiger partial charge in [0.25, 0.3) is 5.91 Å². The molecule has 1 amide bonds. The van der Waals surface area contributed by atoms with E-state index in [0.29, 0.717) is 10.4 Å². The molecule has 2 unspecified atom stereocenters. The number of carboxylic acid groups (broad SMARTS) is 1. The van der Waals surface area contributed by atoms with Crippen LogP contribution in [0.1, 0.15) is 34.5 Å². The third-order valence-electron chi connectivity index (χ3n) is 3.36. The maximum absolute atomic E-state index is 12.2. The van der Waals surface area contributed by atoms with Crippen LogP contribution in [0.25, 0.3) is 6.08 Å². The van der Waals surface area contributed by atoms with E-state index < -0.39 is 5.97 Å². The molecule has 1 aliphatic carbocycles. The summed E-state index contributed by atoms with van der Waals surface area (Å²) in [6, 6.07) is 1.87. The number of carbonyl (C=O) groups is 2. The van der Waals surface area contributed by atoms with Crippen LogP contribution in [0.2, 0.25) is 0 Å². The molecule has 1 heterocycles. The van der Waals surface area contributed by atoms with Crippen molar-refractivity contribution in [3.05, 3.63) is 28.0 Å². The molecule has 2 atom stereocenters. The molecule has 2 N–H and O–H groups in total. The van der Waals surface area contributed by atoms with E-state index in [2.05, 4.69) is 5.32 Å². The summed E-state index contributed by atoms with van der Waals surface area (Å²) in [5, 5.41) is 13.4. The molecular weight excluding hydrogens is 278 g/mol. The monoisotopic (exact) mass is 295 g/mol. The van der Waals surface area contributed by atoms with Gasteiger partial charge < -0.3 is 15.2 Å². The first-order valence-electron chi connectivity index (χ1n) is 6.42. The van der Waals surface area contributed by atoms with Gasteiger partial charge in [-0.3, -0.25) is 4.79 Å². The second-order valence-corrected chi connectivity index (χ2v) is 5.63. The first-order valence-corrected chi connectivity index (χ1v) is 7.30. The fourth-order valence-electron chi connectivity index (χ4n) is 2.33. The molecule has 5 nitrogen and oxygen atoms in total. The van der Waals surface area contributed by atoms with Crippen LogP contribution in [-0.4, -0.2) is 36.2 Å². The fraction of sp³-hybridized carbons (Fsp3) is 0.429. The van der Waals surface area contributed by atoms with E-state index in [1.165, 1.54) is 17.4 Å². The summed E-state index contributed by atoms with van der Waals surface area (Å²) < 4.78 is 5.28. The Morgan fingerprint density at radius 1 is 1.50 bits per heavy atom. The van der Waals surface area contributed by atoms with E-state index in [0.717, 1.165) is 25.3 Å². The molecule has 1 aromatic heterocycles. The average molecular weight is 295 g/mol. The van der Waals surface area contributed by atoms with Crippen molar-refractivity contribution in [2.24, 2.45) is 0 Å². The smallest absolute Gasteiger partial charge is 0.328 e. The van der Waals surface area contributed by atoms with Gasteiger partial charge in [0.05, 0.1) is 11.0 Å². The molecule has 1 fully saturated rings. The van der Waals surface area contributed by atoms with E-state index in [9.17, 15) is 9.59 Å². The van der Waals surface area contributed by atoms with Crippen LogP contribution in [0, 0.1) is 0 Å². The van der Waals surface area contributed by atoms with Gasteiger partial charge in [0.15, 0.2) is 0 Å². The van der Waals surface area contributed by atoms with Crippen molar-refractivity contribution in [1.82, 2.24) is 5.32 Å². The minimum Gasteiger partial charge on any atom is -0.478 e. The lowest BCUT2D eigenvalue weighted by Gasteiger charge is -2.12. The van der Waals surface area contributed by atoms with Gasteiger partial charge in [0.2, 0.25) is 0 Å². The van der Waals surface area contributed by atoms with Crippen molar-refractivity contribution in [2.75, 3.05) is 7.11 Å². The minimum atomic E-state index is -1.03. The zero-order chi connectivity index (χ0) is 14.5. The number of carbonyl (C=O) groups excluding carboxylic acids is 1. The van der Waals surface area contributed by atoms with E-state index in [-0.39, 0.29) is 18.1 Å². The zero-order valence-electron chi connectivity index (χ0n) is 11.2. The Hall–Kier alpha value is -1.66. The Morgan fingerprint density at radius 2 is 2.30 bits per heavy atom.